The summed E-state index contributed by atoms with van der Waals surface area (Å²) >= 11 is 5.94. The molecular weight excluding hydrogens is 315 g/mol. The number of aryl methyl sites for hydroxylation is 1. The topological polar surface area (TPSA) is 63.4 Å². The number of benzene rings is 2. The number of halogens is 2. The fraction of sp³-hybridized carbons (Fsp3) is 0.143. The normalized spacial score (nSPS) is 11.4. The summed E-state index contributed by atoms with van der Waals surface area (Å²) in [4.78, 5) is 0.0359. The van der Waals surface area contributed by atoms with E-state index in [0.717, 1.165) is 4.31 Å². The molecule has 0 amide bonds. The number of rotatable bonds is 3. The standard InChI is InChI=1S/C14H14ClFN2O2S/c1-9-7-12(8-13(17)14(9)15)21(19,20)18(2)11-5-3-10(16)4-6-11/h3-8H,17H2,1-2H3. The first-order valence-electron chi connectivity index (χ1n) is 6.03. The summed E-state index contributed by atoms with van der Waals surface area (Å²) in [5, 5.41) is 0.332. The second-order valence-electron chi connectivity index (χ2n) is 4.59. The predicted octanol–water partition coefficient (Wildman–Crippen LogP) is 3.19. The lowest BCUT2D eigenvalue weighted by molar-refractivity contribution is 0.594. The number of hydrogen-bond donors (Lipinski definition) is 1. The zero-order chi connectivity index (χ0) is 15.8. The van der Waals surface area contributed by atoms with Gasteiger partial charge in [-0.3, -0.25) is 4.31 Å². The van der Waals surface area contributed by atoms with E-state index in [1.54, 1.807) is 6.92 Å². The van der Waals surface area contributed by atoms with Crippen molar-refractivity contribution in [3.8, 4) is 0 Å². The smallest absolute Gasteiger partial charge is 0.264 e. The molecule has 0 aliphatic rings. The second kappa shape index (κ2) is 5.54. The molecule has 0 unspecified atom stereocenters. The summed E-state index contributed by atoms with van der Waals surface area (Å²) in [6.07, 6.45) is 0. The summed E-state index contributed by atoms with van der Waals surface area (Å²) in [5.41, 5.74) is 6.83. The maximum atomic E-state index is 12.9. The van der Waals surface area contributed by atoms with Gasteiger partial charge >= 0.3 is 0 Å². The third-order valence-electron chi connectivity index (χ3n) is 3.10. The van der Waals surface area contributed by atoms with Gasteiger partial charge in [-0.25, -0.2) is 12.8 Å². The van der Waals surface area contributed by atoms with E-state index in [9.17, 15) is 12.8 Å². The highest BCUT2D eigenvalue weighted by Gasteiger charge is 2.23. The Balaban J connectivity index is 2.49. The molecule has 2 aromatic carbocycles. The van der Waals surface area contributed by atoms with Crippen LogP contribution in [0.15, 0.2) is 41.3 Å². The van der Waals surface area contributed by atoms with Gasteiger partial charge in [-0.1, -0.05) is 11.6 Å². The first kappa shape index (κ1) is 15.6. The molecule has 2 aromatic rings. The molecule has 112 valence electrons. The lowest BCUT2D eigenvalue weighted by atomic mass is 10.2. The molecule has 2 N–H and O–H groups in total. The first-order chi connectivity index (χ1) is 9.73. The van der Waals surface area contributed by atoms with E-state index in [0.29, 0.717) is 16.3 Å². The van der Waals surface area contributed by atoms with Crippen molar-refractivity contribution in [1.29, 1.82) is 0 Å². The highest BCUT2D eigenvalue weighted by Crippen LogP contribution is 2.29. The van der Waals surface area contributed by atoms with E-state index in [4.69, 9.17) is 17.3 Å². The van der Waals surface area contributed by atoms with Crippen LogP contribution in [0.3, 0.4) is 0 Å². The number of nitrogens with two attached hydrogens (primary N) is 1. The molecule has 0 aliphatic heterocycles. The van der Waals surface area contributed by atoms with Crippen LogP contribution in [0.1, 0.15) is 5.56 Å². The second-order valence-corrected chi connectivity index (χ2v) is 6.94. The molecule has 0 aliphatic carbocycles. The van der Waals surface area contributed by atoms with E-state index in [2.05, 4.69) is 0 Å². The van der Waals surface area contributed by atoms with Crippen LogP contribution in [0, 0.1) is 12.7 Å². The van der Waals surface area contributed by atoms with Crippen LogP contribution >= 0.6 is 11.6 Å². The molecule has 7 heteroatoms. The van der Waals surface area contributed by atoms with Gasteiger partial charge in [0.25, 0.3) is 10.0 Å². The van der Waals surface area contributed by atoms with Gasteiger partial charge in [0.1, 0.15) is 5.82 Å². The molecule has 0 bridgehead atoms. The van der Waals surface area contributed by atoms with Gasteiger partial charge in [0.05, 0.1) is 21.3 Å². The first-order valence-corrected chi connectivity index (χ1v) is 7.85. The van der Waals surface area contributed by atoms with Crippen molar-refractivity contribution in [3.63, 3.8) is 0 Å². The molecule has 0 saturated heterocycles. The summed E-state index contributed by atoms with van der Waals surface area (Å²) in [5.74, 6) is -0.434. The highest BCUT2D eigenvalue weighted by molar-refractivity contribution is 7.92. The Kier molecular flexibility index (Phi) is 4.11. The lowest BCUT2D eigenvalue weighted by Crippen LogP contribution is -2.26. The van der Waals surface area contributed by atoms with Gasteiger partial charge in [0.15, 0.2) is 0 Å². The van der Waals surface area contributed by atoms with Crippen molar-refractivity contribution < 1.29 is 12.8 Å². The number of hydrogen-bond acceptors (Lipinski definition) is 3. The fourth-order valence-electron chi connectivity index (χ4n) is 1.86. The molecule has 2 rings (SSSR count). The van der Waals surface area contributed by atoms with Crippen molar-refractivity contribution in [1.82, 2.24) is 0 Å². The summed E-state index contributed by atoms with van der Waals surface area (Å²) in [6, 6.07) is 7.93. The van der Waals surface area contributed by atoms with E-state index < -0.39 is 15.8 Å². The molecule has 0 heterocycles. The van der Waals surface area contributed by atoms with Gasteiger partial charge in [0.2, 0.25) is 0 Å². The average Bonchev–Trinajstić information content (AvgIpc) is 2.44. The minimum absolute atomic E-state index is 0.0359. The fourth-order valence-corrected chi connectivity index (χ4v) is 3.29. The summed E-state index contributed by atoms with van der Waals surface area (Å²) in [7, 11) is -2.40. The highest BCUT2D eigenvalue weighted by atomic mass is 35.5. The van der Waals surface area contributed by atoms with Gasteiger partial charge in [-0.2, -0.15) is 0 Å². The van der Waals surface area contributed by atoms with Gasteiger partial charge in [-0.05, 0) is 48.9 Å². The Morgan fingerprint density at radius 3 is 2.29 bits per heavy atom. The van der Waals surface area contributed by atoms with Crippen molar-refractivity contribution in [2.45, 2.75) is 11.8 Å². The van der Waals surface area contributed by atoms with Crippen molar-refractivity contribution in [3.05, 3.63) is 52.8 Å². The number of nitrogen functional groups attached to an aromatic ring is 1. The Morgan fingerprint density at radius 1 is 1.19 bits per heavy atom. The zero-order valence-electron chi connectivity index (χ0n) is 11.5. The van der Waals surface area contributed by atoms with Crippen LogP contribution in [-0.2, 0) is 10.0 Å². The Bertz CT molecular complexity index is 753. The Labute approximate surface area is 128 Å². The quantitative estimate of drug-likeness (QED) is 0.880. The monoisotopic (exact) mass is 328 g/mol. The predicted molar refractivity (Wildman–Crippen MR) is 82.6 cm³/mol. The molecule has 0 spiro atoms. The minimum Gasteiger partial charge on any atom is -0.397 e. The molecule has 0 saturated carbocycles. The Morgan fingerprint density at radius 2 is 1.76 bits per heavy atom. The van der Waals surface area contributed by atoms with Crippen LogP contribution in [0.25, 0.3) is 0 Å². The average molecular weight is 329 g/mol. The van der Waals surface area contributed by atoms with Crippen molar-refractivity contribution >= 4 is 33.0 Å². The minimum atomic E-state index is -3.79. The van der Waals surface area contributed by atoms with E-state index in [1.807, 2.05) is 0 Å². The summed E-state index contributed by atoms with van der Waals surface area (Å²) in [6.45, 7) is 1.68. The molecule has 21 heavy (non-hydrogen) atoms. The van der Waals surface area contributed by atoms with E-state index in [1.165, 1.54) is 43.4 Å². The summed E-state index contributed by atoms with van der Waals surface area (Å²) < 4.78 is 39.1. The van der Waals surface area contributed by atoms with Crippen LogP contribution < -0.4 is 10.0 Å². The molecule has 4 nitrogen and oxygen atoms in total. The van der Waals surface area contributed by atoms with Crippen LogP contribution in [0.5, 0.6) is 0 Å². The van der Waals surface area contributed by atoms with Gasteiger partial charge in [-0.15, -0.1) is 0 Å². The maximum absolute atomic E-state index is 12.9. The number of anilines is 2. The zero-order valence-corrected chi connectivity index (χ0v) is 13.0. The van der Waals surface area contributed by atoms with Gasteiger partial charge < -0.3 is 5.73 Å². The molecule has 0 aromatic heterocycles. The SMILES string of the molecule is Cc1cc(S(=O)(=O)N(C)c2ccc(F)cc2)cc(N)c1Cl. The van der Waals surface area contributed by atoms with E-state index in [-0.39, 0.29) is 10.6 Å². The third-order valence-corrected chi connectivity index (χ3v) is 5.38. The molecule has 0 fully saturated rings. The number of nitrogens with zero attached hydrogens (tertiary/aromatic N) is 1. The van der Waals surface area contributed by atoms with Crippen molar-refractivity contribution in [2.75, 3.05) is 17.1 Å². The van der Waals surface area contributed by atoms with E-state index >= 15 is 0 Å². The largest absolute Gasteiger partial charge is 0.397 e. The third kappa shape index (κ3) is 2.96. The Hall–Kier alpha value is -1.79. The van der Waals surface area contributed by atoms with Gasteiger partial charge in [0, 0.05) is 7.05 Å². The maximum Gasteiger partial charge on any atom is 0.264 e. The molecule has 0 atom stereocenters. The molecular formula is C14H14ClFN2O2S. The lowest BCUT2D eigenvalue weighted by Gasteiger charge is -2.20. The number of sulfonamides is 1. The van der Waals surface area contributed by atoms with Crippen LogP contribution in [0.4, 0.5) is 15.8 Å². The van der Waals surface area contributed by atoms with Crippen LogP contribution in [0.2, 0.25) is 5.02 Å². The van der Waals surface area contributed by atoms with Crippen molar-refractivity contribution in [2.24, 2.45) is 0 Å². The molecule has 0 radical (unpaired) electrons. The van der Waals surface area contributed by atoms with Crippen LogP contribution in [-0.4, -0.2) is 15.5 Å².